The van der Waals surface area contributed by atoms with Gasteiger partial charge in [-0.2, -0.15) is 0 Å². The van der Waals surface area contributed by atoms with E-state index in [1.165, 1.54) is 6.08 Å². The normalized spacial score (nSPS) is 13.5. The third kappa shape index (κ3) is 4.84. The second-order valence-corrected chi connectivity index (χ2v) is 5.85. The number of esters is 1. The summed E-state index contributed by atoms with van der Waals surface area (Å²) >= 11 is 0. The van der Waals surface area contributed by atoms with E-state index in [4.69, 9.17) is 4.74 Å². The molecule has 0 aromatic heterocycles. The Labute approximate surface area is 153 Å². The SMILES string of the molecule is O=C(/C=C/c1ccc(N2CCCC2=O)cc1)OCC#Cc1ccccc1. The van der Waals surface area contributed by atoms with Crippen molar-refractivity contribution in [2.45, 2.75) is 12.8 Å². The lowest BCUT2D eigenvalue weighted by molar-refractivity contribution is -0.136. The molecule has 0 spiro atoms. The number of amides is 1. The Morgan fingerprint density at radius 2 is 1.88 bits per heavy atom. The van der Waals surface area contributed by atoms with E-state index in [0.717, 1.165) is 29.8 Å². The van der Waals surface area contributed by atoms with Crippen molar-refractivity contribution in [2.24, 2.45) is 0 Å². The van der Waals surface area contributed by atoms with E-state index >= 15 is 0 Å². The average molecular weight is 345 g/mol. The molecule has 4 nitrogen and oxygen atoms in total. The van der Waals surface area contributed by atoms with Crippen molar-refractivity contribution >= 4 is 23.6 Å². The predicted molar refractivity (Wildman–Crippen MR) is 101 cm³/mol. The molecule has 0 aliphatic carbocycles. The van der Waals surface area contributed by atoms with Crippen LogP contribution in [0.1, 0.15) is 24.0 Å². The maximum Gasteiger partial charge on any atom is 0.331 e. The first-order valence-corrected chi connectivity index (χ1v) is 8.51. The third-order valence-corrected chi connectivity index (χ3v) is 3.98. The highest BCUT2D eigenvalue weighted by Crippen LogP contribution is 2.21. The molecule has 2 aromatic carbocycles. The molecular weight excluding hydrogens is 326 g/mol. The number of rotatable bonds is 4. The number of carbonyl (C=O) groups is 2. The van der Waals surface area contributed by atoms with Crippen molar-refractivity contribution < 1.29 is 14.3 Å². The lowest BCUT2D eigenvalue weighted by Gasteiger charge is -2.15. The highest BCUT2D eigenvalue weighted by Gasteiger charge is 2.21. The molecule has 1 fully saturated rings. The minimum absolute atomic E-state index is 0.0497. The first-order chi connectivity index (χ1) is 12.7. The standard InChI is InChI=1S/C22H19NO3/c24-21-9-4-16-23(21)20-13-10-19(11-14-20)12-15-22(25)26-17-5-8-18-6-2-1-3-7-18/h1-3,6-7,10-15H,4,9,16-17H2/b15-12+. The maximum atomic E-state index is 11.7. The molecule has 0 saturated carbocycles. The minimum atomic E-state index is -0.439. The highest BCUT2D eigenvalue weighted by molar-refractivity contribution is 5.95. The first-order valence-electron chi connectivity index (χ1n) is 8.51. The smallest absolute Gasteiger partial charge is 0.331 e. The fraction of sp³-hybridized carbons (Fsp3) is 0.182. The lowest BCUT2D eigenvalue weighted by Crippen LogP contribution is -2.23. The maximum absolute atomic E-state index is 11.7. The second-order valence-electron chi connectivity index (χ2n) is 5.85. The van der Waals surface area contributed by atoms with Crippen LogP contribution in [0.2, 0.25) is 0 Å². The summed E-state index contributed by atoms with van der Waals surface area (Å²) in [5.41, 5.74) is 2.65. The van der Waals surface area contributed by atoms with E-state index in [1.807, 2.05) is 54.6 Å². The van der Waals surface area contributed by atoms with Crippen LogP contribution in [0.15, 0.2) is 60.7 Å². The van der Waals surface area contributed by atoms with Crippen molar-refractivity contribution in [3.05, 3.63) is 71.8 Å². The molecule has 2 aromatic rings. The van der Waals surface area contributed by atoms with Gasteiger partial charge in [0.2, 0.25) is 5.91 Å². The van der Waals surface area contributed by atoms with Crippen molar-refractivity contribution in [1.82, 2.24) is 0 Å². The van der Waals surface area contributed by atoms with Crippen LogP contribution >= 0.6 is 0 Å². The quantitative estimate of drug-likeness (QED) is 0.485. The molecule has 0 bridgehead atoms. The number of hydrogen-bond acceptors (Lipinski definition) is 3. The topological polar surface area (TPSA) is 46.6 Å². The van der Waals surface area contributed by atoms with Gasteiger partial charge in [-0.25, -0.2) is 4.79 Å². The summed E-state index contributed by atoms with van der Waals surface area (Å²) in [6, 6.07) is 17.1. The number of carbonyl (C=O) groups excluding carboxylic acids is 2. The van der Waals surface area contributed by atoms with E-state index in [1.54, 1.807) is 11.0 Å². The predicted octanol–water partition coefficient (Wildman–Crippen LogP) is 3.42. The fourth-order valence-corrected chi connectivity index (χ4v) is 2.67. The van der Waals surface area contributed by atoms with Gasteiger partial charge in [0.05, 0.1) is 0 Å². The molecule has 26 heavy (non-hydrogen) atoms. The monoisotopic (exact) mass is 345 g/mol. The fourth-order valence-electron chi connectivity index (χ4n) is 2.67. The zero-order valence-electron chi connectivity index (χ0n) is 14.4. The molecule has 1 aliphatic heterocycles. The molecule has 1 heterocycles. The molecule has 4 heteroatoms. The van der Waals surface area contributed by atoms with Gasteiger partial charge >= 0.3 is 5.97 Å². The van der Waals surface area contributed by atoms with Crippen LogP contribution in [0.5, 0.6) is 0 Å². The lowest BCUT2D eigenvalue weighted by atomic mass is 10.2. The van der Waals surface area contributed by atoms with Gasteiger partial charge in [-0.1, -0.05) is 42.2 Å². The Kier molecular flexibility index (Phi) is 5.84. The Bertz CT molecular complexity index is 858. The summed E-state index contributed by atoms with van der Waals surface area (Å²) in [6.45, 7) is 0.818. The summed E-state index contributed by atoms with van der Waals surface area (Å²) in [7, 11) is 0. The van der Waals surface area contributed by atoms with Gasteiger partial charge in [0, 0.05) is 30.3 Å². The molecule has 3 rings (SSSR count). The zero-order valence-corrected chi connectivity index (χ0v) is 14.4. The number of hydrogen-bond donors (Lipinski definition) is 0. The van der Waals surface area contributed by atoms with Crippen molar-refractivity contribution in [3.63, 3.8) is 0 Å². The molecule has 0 unspecified atom stereocenters. The highest BCUT2D eigenvalue weighted by atomic mass is 16.5. The Morgan fingerprint density at radius 3 is 2.58 bits per heavy atom. The minimum Gasteiger partial charge on any atom is -0.449 e. The zero-order chi connectivity index (χ0) is 18.2. The summed E-state index contributed by atoms with van der Waals surface area (Å²) in [6.07, 6.45) is 4.57. The first kappa shape index (κ1) is 17.5. The van der Waals surface area contributed by atoms with Crippen molar-refractivity contribution in [3.8, 4) is 11.8 Å². The average Bonchev–Trinajstić information content (AvgIpc) is 3.11. The number of benzene rings is 2. The van der Waals surface area contributed by atoms with Gasteiger partial charge in [0.1, 0.15) is 0 Å². The van der Waals surface area contributed by atoms with Gasteiger partial charge < -0.3 is 9.64 Å². The van der Waals surface area contributed by atoms with Gasteiger partial charge in [0.25, 0.3) is 0 Å². The summed E-state index contributed by atoms with van der Waals surface area (Å²) in [5, 5.41) is 0. The molecule has 1 saturated heterocycles. The summed E-state index contributed by atoms with van der Waals surface area (Å²) in [4.78, 5) is 25.2. The van der Waals surface area contributed by atoms with Crippen LogP contribution in [0.3, 0.4) is 0 Å². The Hall–Kier alpha value is -3.32. The third-order valence-electron chi connectivity index (χ3n) is 3.98. The van der Waals surface area contributed by atoms with Crippen LogP contribution in [0.4, 0.5) is 5.69 Å². The second kappa shape index (κ2) is 8.68. The molecule has 1 amide bonds. The van der Waals surface area contributed by atoms with Crippen LogP contribution in [-0.4, -0.2) is 25.0 Å². The van der Waals surface area contributed by atoms with Gasteiger partial charge in [-0.3, -0.25) is 4.79 Å². The number of nitrogens with zero attached hydrogens (tertiary/aromatic N) is 1. The van der Waals surface area contributed by atoms with Gasteiger partial charge in [-0.05, 0) is 42.3 Å². The van der Waals surface area contributed by atoms with Gasteiger partial charge in [0.15, 0.2) is 6.61 Å². The van der Waals surface area contributed by atoms with Gasteiger partial charge in [-0.15, -0.1) is 0 Å². The van der Waals surface area contributed by atoms with Crippen molar-refractivity contribution in [2.75, 3.05) is 18.1 Å². The van der Waals surface area contributed by atoms with Crippen molar-refractivity contribution in [1.29, 1.82) is 0 Å². The van der Waals surface area contributed by atoms with E-state index < -0.39 is 5.97 Å². The van der Waals surface area contributed by atoms with Crippen LogP contribution in [0, 0.1) is 11.8 Å². The number of anilines is 1. The van der Waals surface area contributed by atoms with Crippen LogP contribution in [-0.2, 0) is 14.3 Å². The molecule has 0 atom stereocenters. The van der Waals surface area contributed by atoms with E-state index in [9.17, 15) is 9.59 Å². The Balaban J connectivity index is 1.49. The molecule has 130 valence electrons. The van der Waals surface area contributed by atoms with Crippen LogP contribution < -0.4 is 4.90 Å². The molecule has 1 aliphatic rings. The summed E-state index contributed by atoms with van der Waals surface area (Å²) in [5.74, 6) is 5.46. The number of ether oxygens (including phenoxy) is 1. The molecular formula is C22H19NO3. The largest absolute Gasteiger partial charge is 0.449 e. The van der Waals surface area contributed by atoms with E-state index in [0.29, 0.717) is 6.42 Å². The Morgan fingerprint density at radius 1 is 1.12 bits per heavy atom. The summed E-state index contributed by atoms with van der Waals surface area (Å²) < 4.78 is 5.05. The van der Waals surface area contributed by atoms with Crippen LogP contribution in [0.25, 0.3) is 6.08 Å². The van der Waals surface area contributed by atoms with E-state index in [2.05, 4.69) is 11.8 Å². The van der Waals surface area contributed by atoms with E-state index in [-0.39, 0.29) is 12.5 Å². The molecule has 0 radical (unpaired) electrons. The molecule has 0 N–H and O–H groups in total.